The molecule has 1 aromatic carbocycles. The number of Topliss-reactive ketones (excluding diaryl/α,β-unsaturated/α-hetero) is 1. The average Bonchev–Trinajstić information content (AvgIpc) is 2.49. The molecule has 0 radical (unpaired) electrons. The van der Waals surface area contributed by atoms with Gasteiger partial charge in [-0.25, -0.2) is 0 Å². The number of rotatable bonds is 6. The van der Waals surface area contributed by atoms with Gasteiger partial charge in [-0.15, -0.1) is 0 Å². The van der Waals surface area contributed by atoms with E-state index < -0.39 is 0 Å². The topological polar surface area (TPSA) is 20.3 Å². The number of aryl methyl sites for hydroxylation is 1. The molecule has 0 saturated carbocycles. The number of carbonyl (C=O) groups is 1. The van der Waals surface area contributed by atoms with Crippen LogP contribution in [-0.2, 0) is 6.42 Å². The van der Waals surface area contributed by atoms with Crippen LogP contribution in [-0.4, -0.2) is 29.8 Å². The van der Waals surface area contributed by atoms with Crippen molar-refractivity contribution < 1.29 is 4.79 Å². The van der Waals surface area contributed by atoms with Gasteiger partial charge in [0.2, 0.25) is 0 Å². The Hall–Kier alpha value is -1.15. The lowest BCUT2D eigenvalue weighted by Gasteiger charge is -2.35. The molecule has 0 N–H and O–H groups in total. The zero-order valence-corrected chi connectivity index (χ0v) is 12.9. The van der Waals surface area contributed by atoms with Crippen molar-refractivity contribution >= 4 is 5.78 Å². The van der Waals surface area contributed by atoms with Crippen molar-refractivity contribution in [3.8, 4) is 0 Å². The zero-order valence-electron chi connectivity index (χ0n) is 12.9. The Morgan fingerprint density at radius 2 is 1.95 bits per heavy atom. The van der Waals surface area contributed by atoms with Crippen LogP contribution >= 0.6 is 0 Å². The molecule has 2 rings (SSSR count). The minimum absolute atomic E-state index is 0.274. The predicted molar refractivity (Wildman–Crippen MR) is 84.3 cm³/mol. The quantitative estimate of drug-likeness (QED) is 0.728. The molecule has 2 nitrogen and oxygen atoms in total. The molecule has 1 aliphatic rings. The van der Waals surface area contributed by atoms with Crippen molar-refractivity contribution in [1.82, 2.24) is 4.90 Å². The third-order valence-corrected chi connectivity index (χ3v) is 4.40. The van der Waals surface area contributed by atoms with Gasteiger partial charge in [-0.3, -0.25) is 9.69 Å². The monoisotopic (exact) mass is 273 g/mol. The van der Waals surface area contributed by atoms with Crippen LogP contribution in [0.2, 0.25) is 0 Å². The van der Waals surface area contributed by atoms with Crippen LogP contribution in [0.15, 0.2) is 24.3 Å². The average molecular weight is 273 g/mol. The highest BCUT2D eigenvalue weighted by Crippen LogP contribution is 2.21. The van der Waals surface area contributed by atoms with Gasteiger partial charge >= 0.3 is 0 Å². The van der Waals surface area contributed by atoms with Gasteiger partial charge in [-0.1, -0.05) is 51.0 Å². The van der Waals surface area contributed by atoms with E-state index in [-0.39, 0.29) is 5.78 Å². The molecule has 0 aliphatic carbocycles. The number of nitrogens with zero attached hydrogens (tertiary/aromatic N) is 1. The lowest BCUT2D eigenvalue weighted by Crippen LogP contribution is -2.42. The van der Waals surface area contributed by atoms with E-state index in [0.29, 0.717) is 12.6 Å². The number of hydrogen-bond donors (Lipinski definition) is 0. The van der Waals surface area contributed by atoms with Crippen molar-refractivity contribution in [3.63, 3.8) is 0 Å². The molecule has 1 heterocycles. The van der Waals surface area contributed by atoms with E-state index in [1.807, 2.05) is 12.1 Å². The molecule has 2 heteroatoms. The Kier molecular flexibility index (Phi) is 5.78. The first-order chi connectivity index (χ1) is 9.74. The van der Waals surface area contributed by atoms with Crippen LogP contribution in [0.3, 0.4) is 0 Å². The Morgan fingerprint density at radius 1 is 1.20 bits per heavy atom. The molecule has 0 spiro atoms. The molecule has 0 bridgehead atoms. The lowest BCUT2D eigenvalue weighted by atomic mass is 9.97. The molecule has 1 aliphatic heterocycles. The second-order valence-electron chi connectivity index (χ2n) is 5.88. The smallest absolute Gasteiger partial charge is 0.176 e. The number of ketones is 1. The van der Waals surface area contributed by atoms with Crippen LogP contribution in [0.1, 0.15) is 61.9 Å². The number of hydrogen-bond acceptors (Lipinski definition) is 2. The minimum atomic E-state index is 0.274. The van der Waals surface area contributed by atoms with Crippen molar-refractivity contribution in [2.45, 2.75) is 58.4 Å². The summed E-state index contributed by atoms with van der Waals surface area (Å²) in [5, 5.41) is 0. The Balaban J connectivity index is 1.97. The van der Waals surface area contributed by atoms with E-state index in [4.69, 9.17) is 0 Å². The summed E-state index contributed by atoms with van der Waals surface area (Å²) in [6, 6.07) is 8.74. The van der Waals surface area contributed by atoms with Crippen LogP contribution in [0.4, 0.5) is 0 Å². The van der Waals surface area contributed by atoms with Gasteiger partial charge in [-0.2, -0.15) is 0 Å². The maximum Gasteiger partial charge on any atom is 0.176 e. The normalized spacial score (nSPS) is 20.0. The van der Waals surface area contributed by atoms with Crippen LogP contribution in [0.25, 0.3) is 0 Å². The van der Waals surface area contributed by atoms with Gasteiger partial charge in [0.05, 0.1) is 6.54 Å². The van der Waals surface area contributed by atoms with E-state index in [0.717, 1.165) is 18.5 Å². The van der Waals surface area contributed by atoms with Gasteiger partial charge in [-0.05, 0) is 37.8 Å². The Morgan fingerprint density at radius 3 is 2.60 bits per heavy atom. The van der Waals surface area contributed by atoms with Gasteiger partial charge in [0.25, 0.3) is 0 Å². The summed E-state index contributed by atoms with van der Waals surface area (Å²) in [5.74, 6) is 0.274. The molecule has 20 heavy (non-hydrogen) atoms. The molecular weight excluding hydrogens is 246 g/mol. The second kappa shape index (κ2) is 7.58. The van der Waals surface area contributed by atoms with Crippen LogP contribution in [0, 0.1) is 0 Å². The Labute approximate surface area is 123 Å². The summed E-state index contributed by atoms with van der Waals surface area (Å²) in [4.78, 5) is 14.8. The highest BCUT2D eigenvalue weighted by molar-refractivity contribution is 5.97. The van der Waals surface area contributed by atoms with Gasteiger partial charge < -0.3 is 0 Å². The highest BCUT2D eigenvalue weighted by Gasteiger charge is 2.23. The highest BCUT2D eigenvalue weighted by atomic mass is 16.1. The van der Waals surface area contributed by atoms with Gasteiger partial charge in [0.1, 0.15) is 0 Å². The van der Waals surface area contributed by atoms with E-state index in [1.54, 1.807) is 0 Å². The summed E-state index contributed by atoms with van der Waals surface area (Å²) >= 11 is 0. The molecule has 0 aromatic heterocycles. The van der Waals surface area contributed by atoms with Crippen LogP contribution < -0.4 is 0 Å². The standard InChI is InChI=1S/C18H27NO/c1-3-7-17-8-5-6-13-19(17)14-18(20)16-11-9-15(4-2)10-12-16/h9-12,17H,3-8,13-14H2,1-2H3. The third-order valence-electron chi connectivity index (χ3n) is 4.40. The molecule has 1 unspecified atom stereocenters. The molecule has 0 amide bonds. The number of piperidine rings is 1. The first-order valence-electron chi connectivity index (χ1n) is 8.10. The molecule has 1 aromatic rings. The SMILES string of the molecule is CCCC1CCCCN1CC(=O)c1ccc(CC)cc1. The van der Waals surface area contributed by atoms with Crippen molar-refractivity contribution in [3.05, 3.63) is 35.4 Å². The maximum absolute atomic E-state index is 12.4. The molecular formula is C18H27NO. The molecule has 1 fully saturated rings. The van der Waals surface area contributed by atoms with Crippen molar-refractivity contribution in [2.24, 2.45) is 0 Å². The molecule has 1 saturated heterocycles. The fourth-order valence-corrected chi connectivity index (χ4v) is 3.13. The van der Waals surface area contributed by atoms with Crippen molar-refractivity contribution in [1.29, 1.82) is 0 Å². The second-order valence-corrected chi connectivity index (χ2v) is 5.88. The van der Waals surface area contributed by atoms with Crippen LogP contribution in [0.5, 0.6) is 0 Å². The van der Waals surface area contributed by atoms with E-state index in [9.17, 15) is 4.79 Å². The van der Waals surface area contributed by atoms with Crippen molar-refractivity contribution in [2.75, 3.05) is 13.1 Å². The zero-order chi connectivity index (χ0) is 14.4. The van der Waals surface area contributed by atoms with E-state index in [2.05, 4.69) is 30.9 Å². The predicted octanol–water partition coefficient (Wildman–Crippen LogP) is 4.09. The van der Waals surface area contributed by atoms with E-state index >= 15 is 0 Å². The molecule has 110 valence electrons. The van der Waals surface area contributed by atoms with Gasteiger partial charge in [0.15, 0.2) is 5.78 Å². The fourth-order valence-electron chi connectivity index (χ4n) is 3.13. The first-order valence-corrected chi connectivity index (χ1v) is 8.10. The summed E-state index contributed by atoms with van der Waals surface area (Å²) in [6.45, 7) is 6.05. The van der Waals surface area contributed by atoms with Gasteiger partial charge in [0, 0.05) is 11.6 Å². The summed E-state index contributed by atoms with van der Waals surface area (Å²) in [7, 11) is 0. The first kappa shape index (κ1) is 15.2. The number of likely N-dealkylation sites (tertiary alicyclic amines) is 1. The largest absolute Gasteiger partial charge is 0.293 e. The summed E-state index contributed by atoms with van der Waals surface area (Å²) in [6.07, 6.45) is 7.28. The maximum atomic E-state index is 12.4. The number of benzene rings is 1. The fraction of sp³-hybridized carbons (Fsp3) is 0.611. The minimum Gasteiger partial charge on any atom is -0.293 e. The number of carbonyl (C=O) groups excluding carboxylic acids is 1. The third kappa shape index (κ3) is 3.92. The summed E-state index contributed by atoms with van der Waals surface area (Å²) < 4.78 is 0. The lowest BCUT2D eigenvalue weighted by molar-refractivity contribution is 0.0831. The molecule has 1 atom stereocenters. The summed E-state index contributed by atoms with van der Waals surface area (Å²) in [5.41, 5.74) is 2.16. The Bertz CT molecular complexity index is 422. The van der Waals surface area contributed by atoms with E-state index in [1.165, 1.54) is 37.7 Å².